The summed E-state index contributed by atoms with van der Waals surface area (Å²) in [6.45, 7) is 4.14. The van der Waals surface area contributed by atoms with Gasteiger partial charge in [0.1, 0.15) is 11.4 Å². The zero-order chi connectivity index (χ0) is 19.8. The van der Waals surface area contributed by atoms with Crippen molar-refractivity contribution < 1.29 is 24.2 Å². The Hall–Kier alpha value is -3.35. The van der Waals surface area contributed by atoms with Crippen LogP contribution in [0.2, 0.25) is 0 Å². The summed E-state index contributed by atoms with van der Waals surface area (Å²) in [6, 6.07) is 10.7. The lowest BCUT2D eigenvalue weighted by Crippen LogP contribution is -2.30. The molecule has 0 saturated heterocycles. The largest absolute Gasteiger partial charge is 0.490 e. The van der Waals surface area contributed by atoms with E-state index in [-0.39, 0.29) is 12.2 Å². The standard InChI is InChI=1S/C21H20N2O5/c1-3-27-17-9-6-10-23-18(12(2)22-20(17)23)15(24)11-14-13-7-4-5-8-16(13)28-19(14)21(25)26/h4-10,14,19H,3,11H2,1-2H3,(H,25,26)/t14-,19+/m1/s1. The van der Waals surface area contributed by atoms with Crippen molar-refractivity contribution in [1.29, 1.82) is 0 Å². The van der Waals surface area contributed by atoms with Gasteiger partial charge in [0.2, 0.25) is 6.10 Å². The number of carbonyl (C=O) groups is 2. The third-order valence-electron chi connectivity index (χ3n) is 4.94. The van der Waals surface area contributed by atoms with Crippen LogP contribution in [-0.4, -0.2) is 39.0 Å². The number of aliphatic carboxylic acids is 1. The van der Waals surface area contributed by atoms with Gasteiger partial charge in [0.25, 0.3) is 0 Å². The fourth-order valence-electron chi connectivity index (χ4n) is 3.77. The number of ketones is 1. The van der Waals surface area contributed by atoms with Crippen molar-refractivity contribution in [3.8, 4) is 11.5 Å². The van der Waals surface area contributed by atoms with Crippen LogP contribution in [0.4, 0.5) is 0 Å². The van der Waals surface area contributed by atoms with Crippen molar-refractivity contribution in [2.45, 2.75) is 32.3 Å². The molecule has 0 spiro atoms. The molecule has 0 radical (unpaired) electrons. The molecule has 0 saturated carbocycles. The van der Waals surface area contributed by atoms with Gasteiger partial charge < -0.3 is 14.6 Å². The molecule has 0 aliphatic carbocycles. The Labute approximate surface area is 161 Å². The first-order valence-electron chi connectivity index (χ1n) is 9.13. The number of aromatic nitrogens is 2. The van der Waals surface area contributed by atoms with Gasteiger partial charge in [-0.2, -0.15) is 0 Å². The van der Waals surface area contributed by atoms with E-state index in [2.05, 4.69) is 4.98 Å². The summed E-state index contributed by atoms with van der Waals surface area (Å²) in [5, 5.41) is 9.55. The Kier molecular flexibility index (Phi) is 4.50. The van der Waals surface area contributed by atoms with Crippen molar-refractivity contribution in [1.82, 2.24) is 9.38 Å². The van der Waals surface area contributed by atoms with Gasteiger partial charge in [0.15, 0.2) is 17.2 Å². The van der Waals surface area contributed by atoms with Crippen molar-refractivity contribution in [2.24, 2.45) is 0 Å². The Balaban J connectivity index is 1.71. The van der Waals surface area contributed by atoms with Crippen molar-refractivity contribution in [2.75, 3.05) is 6.61 Å². The lowest BCUT2D eigenvalue weighted by molar-refractivity contribution is -0.145. The quantitative estimate of drug-likeness (QED) is 0.660. The highest BCUT2D eigenvalue weighted by Gasteiger charge is 2.41. The van der Waals surface area contributed by atoms with Crippen LogP contribution < -0.4 is 9.47 Å². The summed E-state index contributed by atoms with van der Waals surface area (Å²) in [5.41, 5.74) is 2.33. The predicted octanol–water partition coefficient (Wildman–Crippen LogP) is 3.24. The predicted molar refractivity (Wildman–Crippen MR) is 101 cm³/mol. The van der Waals surface area contributed by atoms with E-state index in [1.807, 2.05) is 19.1 Å². The molecule has 1 aromatic carbocycles. The highest BCUT2D eigenvalue weighted by molar-refractivity contribution is 5.98. The van der Waals surface area contributed by atoms with Gasteiger partial charge in [0, 0.05) is 24.1 Å². The summed E-state index contributed by atoms with van der Waals surface area (Å²) in [5.74, 6) is -0.703. The van der Waals surface area contributed by atoms with E-state index < -0.39 is 18.0 Å². The zero-order valence-electron chi connectivity index (χ0n) is 15.6. The number of carboxylic acids is 1. The molecule has 0 fully saturated rings. The average Bonchev–Trinajstić information content (AvgIpc) is 3.20. The van der Waals surface area contributed by atoms with Gasteiger partial charge in [-0.25, -0.2) is 9.78 Å². The van der Waals surface area contributed by atoms with E-state index >= 15 is 0 Å². The number of nitrogens with zero attached hydrogens (tertiary/aromatic N) is 2. The van der Waals surface area contributed by atoms with Gasteiger partial charge in [0.05, 0.1) is 12.3 Å². The maximum absolute atomic E-state index is 13.2. The molecule has 4 rings (SSSR count). The fraction of sp³-hybridized carbons (Fsp3) is 0.286. The first kappa shape index (κ1) is 18.0. The minimum absolute atomic E-state index is 0.0154. The van der Waals surface area contributed by atoms with Crippen LogP contribution in [0.25, 0.3) is 5.65 Å². The third kappa shape index (κ3) is 2.89. The highest BCUT2D eigenvalue weighted by Crippen LogP contribution is 2.41. The number of fused-ring (bicyclic) bond motifs is 2. The number of ether oxygens (including phenoxy) is 2. The molecule has 3 aromatic rings. The summed E-state index contributed by atoms with van der Waals surface area (Å²) >= 11 is 0. The first-order valence-corrected chi connectivity index (χ1v) is 9.13. The van der Waals surface area contributed by atoms with Gasteiger partial charge in [-0.15, -0.1) is 0 Å². The maximum Gasteiger partial charge on any atom is 0.345 e. The topological polar surface area (TPSA) is 90.1 Å². The summed E-state index contributed by atoms with van der Waals surface area (Å²) in [4.78, 5) is 29.4. The minimum Gasteiger partial charge on any atom is -0.490 e. The van der Waals surface area contributed by atoms with Crippen molar-refractivity contribution in [3.63, 3.8) is 0 Å². The molecular formula is C21H20N2O5. The first-order chi connectivity index (χ1) is 13.5. The van der Waals surface area contributed by atoms with Crippen LogP contribution in [0.1, 0.15) is 41.0 Å². The van der Waals surface area contributed by atoms with Crippen LogP contribution in [-0.2, 0) is 4.79 Å². The molecule has 2 aromatic heterocycles. The second-order valence-electron chi connectivity index (χ2n) is 6.69. The Bertz CT molecular complexity index is 1070. The number of pyridine rings is 1. The molecule has 1 N–H and O–H groups in total. The molecule has 0 bridgehead atoms. The maximum atomic E-state index is 13.2. The molecule has 3 heterocycles. The number of Topliss-reactive ketones (excluding diaryl/α,β-unsaturated/α-hetero) is 1. The molecule has 2 atom stereocenters. The Morgan fingerprint density at radius 2 is 2.04 bits per heavy atom. The highest BCUT2D eigenvalue weighted by atomic mass is 16.5. The molecule has 7 heteroatoms. The van der Waals surface area contributed by atoms with Crippen molar-refractivity contribution in [3.05, 3.63) is 59.5 Å². The van der Waals surface area contributed by atoms with Crippen LogP contribution in [0, 0.1) is 6.92 Å². The normalized spacial score (nSPS) is 17.9. The second-order valence-corrected chi connectivity index (χ2v) is 6.69. The molecule has 7 nitrogen and oxygen atoms in total. The van der Waals surface area contributed by atoms with E-state index in [9.17, 15) is 14.7 Å². The summed E-state index contributed by atoms with van der Waals surface area (Å²) in [6.07, 6.45) is 0.695. The number of aryl methyl sites for hydroxylation is 1. The van der Waals surface area contributed by atoms with Crippen LogP contribution in [0.15, 0.2) is 42.6 Å². The van der Waals surface area contributed by atoms with E-state index in [0.29, 0.717) is 35.1 Å². The molecule has 1 aliphatic heterocycles. The van der Waals surface area contributed by atoms with Crippen LogP contribution in [0.5, 0.6) is 11.5 Å². The van der Waals surface area contributed by atoms with E-state index in [1.54, 1.807) is 41.8 Å². The number of imidazole rings is 1. The molecule has 0 unspecified atom stereocenters. The fourth-order valence-corrected chi connectivity index (χ4v) is 3.77. The van der Waals surface area contributed by atoms with Crippen LogP contribution >= 0.6 is 0 Å². The van der Waals surface area contributed by atoms with Gasteiger partial charge in [-0.3, -0.25) is 9.20 Å². The lowest BCUT2D eigenvalue weighted by Gasteiger charge is -2.14. The molecular weight excluding hydrogens is 360 g/mol. The Morgan fingerprint density at radius 3 is 2.79 bits per heavy atom. The Morgan fingerprint density at radius 1 is 1.25 bits per heavy atom. The van der Waals surface area contributed by atoms with Gasteiger partial charge in [-0.05, 0) is 32.0 Å². The van der Waals surface area contributed by atoms with Crippen molar-refractivity contribution >= 4 is 17.4 Å². The number of hydrogen-bond donors (Lipinski definition) is 1. The van der Waals surface area contributed by atoms with E-state index in [4.69, 9.17) is 9.47 Å². The molecule has 144 valence electrons. The van der Waals surface area contributed by atoms with E-state index in [1.165, 1.54) is 0 Å². The number of benzene rings is 1. The van der Waals surface area contributed by atoms with E-state index in [0.717, 1.165) is 5.56 Å². The molecule has 28 heavy (non-hydrogen) atoms. The number of para-hydroxylation sites is 1. The van der Waals surface area contributed by atoms with Crippen LogP contribution in [0.3, 0.4) is 0 Å². The zero-order valence-corrected chi connectivity index (χ0v) is 15.6. The summed E-state index contributed by atoms with van der Waals surface area (Å²) < 4.78 is 12.9. The average molecular weight is 380 g/mol. The second kappa shape index (κ2) is 6.99. The number of carboxylic acid groups (broad SMARTS) is 1. The van der Waals surface area contributed by atoms with Gasteiger partial charge >= 0.3 is 5.97 Å². The third-order valence-corrected chi connectivity index (χ3v) is 4.94. The number of carbonyl (C=O) groups excluding carboxylic acids is 1. The van der Waals surface area contributed by atoms with Gasteiger partial charge in [-0.1, -0.05) is 18.2 Å². The molecule has 1 aliphatic rings. The lowest BCUT2D eigenvalue weighted by atomic mass is 9.89. The SMILES string of the molecule is CCOc1cccn2c(C(=O)C[C@@H]3c4ccccc4O[C@@H]3C(=O)O)c(C)nc12. The smallest absolute Gasteiger partial charge is 0.345 e. The molecule has 0 amide bonds. The monoisotopic (exact) mass is 380 g/mol. The number of hydrogen-bond acceptors (Lipinski definition) is 5. The minimum atomic E-state index is -1.08. The number of rotatable bonds is 6. The summed E-state index contributed by atoms with van der Waals surface area (Å²) in [7, 11) is 0.